The maximum absolute atomic E-state index is 12.5. The molecule has 0 saturated carbocycles. The first-order chi connectivity index (χ1) is 8.95. The van der Waals surface area contributed by atoms with Gasteiger partial charge in [-0.1, -0.05) is 12.1 Å². The number of nitrogens with one attached hydrogen (secondary N) is 1. The second-order valence-electron chi connectivity index (χ2n) is 4.02. The van der Waals surface area contributed by atoms with E-state index in [-0.39, 0.29) is 12.1 Å². The Morgan fingerprint density at radius 2 is 2.11 bits per heavy atom. The van der Waals surface area contributed by atoms with Crippen LogP contribution in [0.3, 0.4) is 0 Å². The quantitative estimate of drug-likeness (QED) is 0.637. The van der Waals surface area contributed by atoms with Gasteiger partial charge in [-0.25, -0.2) is 0 Å². The van der Waals surface area contributed by atoms with E-state index >= 15 is 0 Å². The zero-order chi connectivity index (χ0) is 14.3. The van der Waals surface area contributed by atoms with Gasteiger partial charge in [0.05, 0.1) is 11.7 Å². The Hall–Kier alpha value is -1.51. The molecule has 0 aliphatic rings. The zero-order valence-electron chi connectivity index (χ0n) is 10.6. The van der Waals surface area contributed by atoms with Crippen molar-refractivity contribution in [2.45, 2.75) is 25.6 Å². The Balaban J connectivity index is 2.56. The van der Waals surface area contributed by atoms with Crippen molar-refractivity contribution >= 4 is 0 Å². The molecular weight excluding hydrogens is 255 g/mol. The third-order valence-electron chi connectivity index (χ3n) is 2.54. The fourth-order valence-electron chi connectivity index (χ4n) is 1.55. The molecule has 2 nitrogen and oxygen atoms in total. The molecule has 0 spiro atoms. The van der Waals surface area contributed by atoms with Gasteiger partial charge < -0.3 is 10.4 Å². The van der Waals surface area contributed by atoms with E-state index in [9.17, 15) is 18.3 Å². The third kappa shape index (κ3) is 5.33. The van der Waals surface area contributed by atoms with Crippen LogP contribution in [0.2, 0.25) is 0 Å². The predicted octanol–water partition coefficient (Wildman–Crippen LogP) is 2.74. The van der Waals surface area contributed by atoms with Crippen molar-refractivity contribution in [3.05, 3.63) is 35.4 Å². The smallest absolute Gasteiger partial charge is 0.387 e. The van der Waals surface area contributed by atoms with Crippen LogP contribution < -0.4 is 5.32 Å². The highest BCUT2D eigenvalue weighted by Gasteiger charge is 2.30. The van der Waals surface area contributed by atoms with Crippen molar-refractivity contribution in [1.29, 1.82) is 0 Å². The van der Waals surface area contributed by atoms with Crippen LogP contribution >= 0.6 is 0 Å². The van der Waals surface area contributed by atoms with Gasteiger partial charge in [0, 0.05) is 19.5 Å². The summed E-state index contributed by atoms with van der Waals surface area (Å²) in [6, 6.07) is 4.73. The third-order valence-corrected chi connectivity index (χ3v) is 2.54. The summed E-state index contributed by atoms with van der Waals surface area (Å²) in [7, 11) is 0. The SMILES string of the molecule is CC#CCCNCC(O)c1cccc(C(F)(F)F)c1. The molecule has 5 heteroatoms. The fourth-order valence-corrected chi connectivity index (χ4v) is 1.55. The van der Waals surface area contributed by atoms with Crippen molar-refractivity contribution in [3.8, 4) is 11.8 Å². The van der Waals surface area contributed by atoms with Gasteiger partial charge in [-0.05, 0) is 24.6 Å². The number of aliphatic hydroxyl groups excluding tert-OH is 1. The lowest BCUT2D eigenvalue weighted by Crippen LogP contribution is -2.22. The van der Waals surface area contributed by atoms with Crippen LogP contribution in [0.15, 0.2) is 24.3 Å². The van der Waals surface area contributed by atoms with Crippen LogP contribution in [0.25, 0.3) is 0 Å². The molecule has 0 fully saturated rings. The van der Waals surface area contributed by atoms with E-state index in [2.05, 4.69) is 17.2 Å². The topological polar surface area (TPSA) is 32.3 Å². The fraction of sp³-hybridized carbons (Fsp3) is 0.429. The van der Waals surface area contributed by atoms with Crippen LogP contribution in [-0.2, 0) is 6.18 Å². The molecule has 0 amide bonds. The molecule has 0 aromatic heterocycles. The maximum Gasteiger partial charge on any atom is 0.416 e. The molecule has 0 saturated heterocycles. The van der Waals surface area contributed by atoms with Gasteiger partial charge >= 0.3 is 6.18 Å². The largest absolute Gasteiger partial charge is 0.416 e. The number of rotatable bonds is 5. The average Bonchev–Trinajstić information content (AvgIpc) is 2.37. The van der Waals surface area contributed by atoms with Crippen LogP contribution in [0.5, 0.6) is 0 Å². The zero-order valence-corrected chi connectivity index (χ0v) is 10.6. The van der Waals surface area contributed by atoms with Crippen molar-refractivity contribution in [3.63, 3.8) is 0 Å². The number of halogens is 3. The molecule has 0 bridgehead atoms. The summed E-state index contributed by atoms with van der Waals surface area (Å²) in [5, 5.41) is 12.7. The molecule has 1 atom stereocenters. The average molecular weight is 271 g/mol. The van der Waals surface area contributed by atoms with Gasteiger partial charge in [-0.15, -0.1) is 11.8 Å². The van der Waals surface area contributed by atoms with Gasteiger partial charge in [0.1, 0.15) is 0 Å². The number of benzene rings is 1. The Labute approximate surface area is 110 Å². The van der Waals surface area contributed by atoms with Crippen LogP contribution in [-0.4, -0.2) is 18.2 Å². The highest BCUT2D eigenvalue weighted by molar-refractivity contribution is 5.27. The predicted molar refractivity (Wildman–Crippen MR) is 67.3 cm³/mol. The lowest BCUT2D eigenvalue weighted by atomic mass is 10.1. The Bertz CT molecular complexity index is 460. The minimum Gasteiger partial charge on any atom is -0.387 e. The standard InChI is InChI=1S/C14H16F3NO/c1-2-3-4-8-18-10-13(19)11-6-5-7-12(9-11)14(15,16)17/h5-7,9,13,18-19H,4,8,10H2,1H3. The summed E-state index contributed by atoms with van der Waals surface area (Å²) < 4.78 is 37.5. The summed E-state index contributed by atoms with van der Waals surface area (Å²) in [5.41, 5.74) is -0.496. The summed E-state index contributed by atoms with van der Waals surface area (Å²) in [6.45, 7) is 2.53. The van der Waals surface area contributed by atoms with Crippen molar-refractivity contribution in [2.24, 2.45) is 0 Å². The molecule has 0 heterocycles. The molecule has 1 aromatic carbocycles. The van der Waals surface area contributed by atoms with Crippen LogP contribution in [0.1, 0.15) is 30.6 Å². The Morgan fingerprint density at radius 3 is 2.74 bits per heavy atom. The Kier molecular flexibility index (Phi) is 5.87. The summed E-state index contributed by atoms with van der Waals surface area (Å²) in [4.78, 5) is 0. The van der Waals surface area contributed by atoms with Gasteiger partial charge in [0.2, 0.25) is 0 Å². The van der Waals surface area contributed by atoms with Crippen molar-refractivity contribution in [2.75, 3.05) is 13.1 Å². The van der Waals surface area contributed by atoms with Crippen molar-refractivity contribution in [1.82, 2.24) is 5.32 Å². The van der Waals surface area contributed by atoms with Crippen LogP contribution in [0, 0.1) is 11.8 Å². The Morgan fingerprint density at radius 1 is 1.37 bits per heavy atom. The monoisotopic (exact) mass is 271 g/mol. The van der Waals surface area contributed by atoms with E-state index in [0.717, 1.165) is 12.1 Å². The van der Waals surface area contributed by atoms with Crippen LogP contribution in [0.4, 0.5) is 13.2 Å². The molecule has 1 rings (SSSR count). The van der Waals surface area contributed by atoms with Gasteiger partial charge in [0.25, 0.3) is 0 Å². The first-order valence-electron chi connectivity index (χ1n) is 5.90. The van der Waals surface area contributed by atoms with E-state index in [4.69, 9.17) is 0 Å². The van der Waals surface area contributed by atoms with Gasteiger partial charge in [-0.3, -0.25) is 0 Å². The van der Waals surface area contributed by atoms with E-state index in [0.29, 0.717) is 13.0 Å². The van der Waals surface area contributed by atoms with Gasteiger partial charge in [0.15, 0.2) is 0 Å². The number of aliphatic hydroxyl groups is 1. The number of hydrogen-bond acceptors (Lipinski definition) is 2. The minimum absolute atomic E-state index is 0.201. The molecule has 0 radical (unpaired) electrons. The second-order valence-corrected chi connectivity index (χ2v) is 4.02. The van der Waals surface area contributed by atoms with E-state index in [1.54, 1.807) is 6.92 Å². The number of alkyl halides is 3. The normalized spacial score (nSPS) is 12.7. The lowest BCUT2D eigenvalue weighted by molar-refractivity contribution is -0.137. The first-order valence-corrected chi connectivity index (χ1v) is 5.90. The molecule has 19 heavy (non-hydrogen) atoms. The minimum atomic E-state index is -4.39. The lowest BCUT2D eigenvalue weighted by Gasteiger charge is -2.14. The molecule has 0 aliphatic heterocycles. The highest BCUT2D eigenvalue weighted by atomic mass is 19.4. The van der Waals surface area contributed by atoms with E-state index < -0.39 is 17.8 Å². The van der Waals surface area contributed by atoms with E-state index in [1.165, 1.54) is 12.1 Å². The second kappa shape index (κ2) is 7.17. The van der Waals surface area contributed by atoms with Gasteiger partial charge in [-0.2, -0.15) is 13.2 Å². The highest BCUT2D eigenvalue weighted by Crippen LogP contribution is 2.30. The summed E-state index contributed by atoms with van der Waals surface area (Å²) >= 11 is 0. The molecule has 1 unspecified atom stereocenters. The first kappa shape index (κ1) is 15.5. The maximum atomic E-state index is 12.5. The molecule has 104 valence electrons. The molecule has 2 N–H and O–H groups in total. The molecular formula is C14H16F3NO. The molecule has 1 aromatic rings. The molecule has 0 aliphatic carbocycles. The summed E-state index contributed by atoms with van der Waals surface area (Å²) in [6.07, 6.45) is -4.71. The summed E-state index contributed by atoms with van der Waals surface area (Å²) in [5.74, 6) is 5.58. The number of hydrogen-bond donors (Lipinski definition) is 2. The van der Waals surface area contributed by atoms with Crippen molar-refractivity contribution < 1.29 is 18.3 Å². The van der Waals surface area contributed by atoms with E-state index in [1.807, 2.05) is 0 Å².